The maximum Gasteiger partial charge on any atom is 0.272 e. The van der Waals surface area contributed by atoms with E-state index in [0.717, 1.165) is 31.7 Å². The zero-order valence-electron chi connectivity index (χ0n) is 26.8. The van der Waals surface area contributed by atoms with Gasteiger partial charge in [-0.1, -0.05) is 0 Å². The number of nitro benzene ring substituents is 1. The van der Waals surface area contributed by atoms with E-state index in [1.54, 1.807) is 12.1 Å². The number of hydrogen-bond donors (Lipinski definition) is 3. The molecule has 4 unspecified atom stereocenters. The molecule has 0 aliphatic carbocycles. The normalized spacial score (nSPS) is 30.2. The number of benzene rings is 2. The molecule has 0 saturated carbocycles. The van der Waals surface area contributed by atoms with Gasteiger partial charge in [0.25, 0.3) is 5.69 Å². The summed E-state index contributed by atoms with van der Waals surface area (Å²) >= 11 is 0. The molecular weight excluding hydrogens is 598 g/mol. The van der Waals surface area contributed by atoms with E-state index in [1.165, 1.54) is 18.2 Å². The van der Waals surface area contributed by atoms with Crippen LogP contribution in [0.5, 0.6) is 11.5 Å². The Balaban J connectivity index is 1.09. The third-order valence-corrected chi connectivity index (χ3v) is 10.6. The molecule has 10 nitrogen and oxygen atoms in total. The Labute approximate surface area is 268 Å². The Morgan fingerprint density at radius 2 is 1.39 bits per heavy atom. The largest absolute Gasteiger partial charge is 0.487 e. The topological polar surface area (TPSA) is 135 Å². The molecule has 4 N–H and O–H groups in total. The van der Waals surface area contributed by atoms with Crippen LogP contribution in [0.25, 0.3) is 0 Å². The zero-order chi connectivity index (χ0) is 33.0. The first-order valence-electron chi connectivity index (χ1n) is 16.5. The van der Waals surface area contributed by atoms with Gasteiger partial charge in [-0.05, 0) is 96.8 Å². The van der Waals surface area contributed by atoms with Gasteiger partial charge in [0.05, 0.1) is 22.2 Å². The highest BCUT2D eigenvalue weighted by Gasteiger charge is 2.51. The van der Waals surface area contributed by atoms with Crippen molar-refractivity contribution in [2.45, 2.75) is 132 Å². The third kappa shape index (κ3) is 6.95. The summed E-state index contributed by atoms with van der Waals surface area (Å²) in [6.45, 7) is 5.91. The Hall–Kier alpha value is -3.06. The lowest BCUT2D eigenvalue weighted by Crippen LogP contribution is -2.61. The summed E-state index contributed by atoms with van der Waals surface area (Å²) in [5.74, 6) is -0.989. The van der Waals surface area contributed by atoms with E-state index in [9.17, 15) is 29.1 Å². The molecule has 4 saturated heterocycles. The van der Waals surface area contributed by atoms with Gasteiger partial charge in [-0.3, -0.25) is 19.9 Å². The second kappa shape index (κ2) is 12.5. The molecule has 0 radical (unpaired) electrons. The SMILES string of the molecule is CC(O)(CC(N1[C@@H]2CC[C@H]1CC(Oc1ccc(N)cc1F)C2)C(C)(C)O)CN1[C@@H]2CC[C@H]1CC(Oc1ccc([N+](=O)[O-])cc1F)C2. The maximum absolute atomic E-state index is 14.5. The van der Waals surface area contributed by atoms with Crippen molar-refractivity contribution in [2.24, 2.45) is 0 Å². The highest BCUT2D eigenvalue weighted by molar-refractivity contribution is 5.43. The van der Waals surface area contributed by atoms with Gasteiger partial charge < -0.3 is 25.4 Å². The molecule has 4 aliphatic rings. The highest BCUT2D eigenvalue weighted by atomic mass is 19.1. The molecular formula is C34H46F2N4O6. The first-order valence-corrected chi connectivity index (χ1v) is 16.5. The van der Waals surface area contributed by atoms with Gasteiger partial charge in [0, 0.05) is 54.6 Å². The quantitative estimate of drug-likeness (QED) is 0.172. The van der Waals surface area contributed by atoms with E-state index >= 15 is 0 Å². The molecule has 12 heteroatoms. The fraction of sp³-hybridized carbons (Fsp3) is 0.647. The van der Waals surface area contributed by atoms with Crippen molar-refractivity contribution in [2.75, 3.05) is 12.3 Å². The fourth-order valence-corrected chi connectivity index (χ4v) is 8.61. The number of rotatable bonds is 11. The van der Waals surface area contributed by atoms with Crippen molar-refractivity contribution >= 4 is 11.4 Å². The molecule has 2 aromatic rings. The summed E-state index contributed by atoms with van der Waals surface area (Å²) in [5.41, 5.74) is 3.57. The van der Waals surface area contributed by atoms with E-state index in [1.807, 2.05) is 20.8 Å². The van der Waals surface area contributed by atoms with Crippen LogP contribution >= 0.6 is 0 Å². The summed E-state index contributed by atoms with van der Waals surface area (Å²) in [7, 11) is 0. The minimum Gasteiger partial charge on any atom is -0.487 e. The lowest BCUT2D eigenvalue weighted by molar-refractivity contribution is -0.385. The van der Waals surface area contributed by atoms with Gasteiger partial charge in [0.2, 0.25) is 0 Å². The predicted molar refractivity (Wildman–Crippen MR) is 169 cm³/mol. The number of nitrogen functional groups attached to an aromatic ring is 1. The number of nitrogens with zero attached hydrogens (tertiary/aromatic N) is 3. The number of piperidine rings is 2. The van der Waals surface area contributed by atoms with Gasteiger partial charge in [-0.15, -0.1) is 0 Å². The Morgan fingerprint density at radius 3 is 1.89 bits per heavy atom. The van der Waals surface area contributed by atoms with Crippen LogP contribution in [0.2, 0.25) is 0 Å². The van der Waals surface area contributed by atoms with Crippen molar-refractivity contribution < 1.29 is 33.4 Å². The summed E-state index contributed by atoms with van der Waals surface area (Å²) in [4.78, 5) is 15.1. The average Bonchev–Trinajstić information content (AvgIpc) is 3.33. The first kappa shape index (κ1) is 32.9. The smallest absolute Gasteiger partial charge is 0.272 e. The van der Waals surface area contributed by atoms with E-state index in [2.05, 4.69) is 9.80 Å². The van der Waals surface area contributed by atoms with Crippen LogP contribution in [0.1, 0.15) is 78.6 Å². The minimum absolute atomic E-state index is 0.0193. The Bertz CT molecular complexity index is 1410. The monoisotopic (exact) mass is 644 g/mol. The number of nitrogens with two attached hydrogens (primary N) is 1. The predicted octanol–water partition coefficient (Wildman–Crippen LogP) is 5.18. The van der Waals surface area contributed by atoms with E-state index in [4.69, 9.17) is 15.2 Å². The lowest BCUT2D eigenvalue weighted by atomic mass is 9.82. The van der Waals surface area contributed by atoms with Crippen LogP contribution in [0.15, 0.2) is 36.4 Å². The molecule has 4 bridgehead atoms. The van der Waals surface area contributed by atoms with Gasteiger partial charge in [0.1, 0.15) is 12.2 Å². The summed E-state index contributed by atoms with van der Waals surface area (Å²) < 4.78 is 41.1. The number of ether oxygens (including phenoxy) is 2. The van der Waals surface area contributed by atoms with Crippen LogP contribution in [0.3, 0.4) is 0 Å². The molecule has 4 heterocycles. The van der Waals surface area contributed by atoms with Crippen molar-refractivity contribution in [1.82, 2.24) is 9.80 Å². The van der Waals surface area contributed by atoms with Crippen molar-refractivity contribution in [1.29, 1.82) is 0 Å². The van der Waals surface area contributed by atoms with Crippen LogP contribution in [0, 0.1) is 21.7 Å². The first-order chi connectivity index (χ1) is 21.7. The van der Waals surface area contributed by atoms with Crippen molar-refractivity contribution in [3.05, 3.63) is 58.1 Å². The van der Waals surface area contributed by atoms with Gasteiger partial charge >= 0.3 is 0 Å². The van der Waals surface area contributed by atoms with Crippen LogP contribution in [0.4, 0.5) is 20.2 Å². The van der Waals surface area contributed by atoms with Crippen LogP contribution in [-0.2, 0) is 0 Å². The standard InChI is InChI=1S/C34H46F2N4O6/c1-33(2,41)32(39-23-7-8-24(39)16-27(15-23)46-30-10-4-20(37)12-28(30)35)18-34(3,42)19-38-21-5-6-22(38)14-26(13-21)45-31-11-9-25(40(43)44)17-29(31)36/h4,9-12,17,21-24,26-27,32,41-42H,5-8,13-16,18-19,37H2,1-3H3/t21-,22+,23-,24+,26?,27?,32?,34?. The fourth-order valence-electron chi connectivity index (χ4n) is 8.61. The minimum atomic E-state index is -1.09. The molecule has 6 rings (SSSR count). The highest BCUT2D eigenvalue weighted by Crippen LogP contribution is 2.44. The maximum atomic E-state index is 14.5. The van der Waals surface area contributed by atoms with Crippen LogP contribution in [-0.4, -0.2) is 85.1 Å². The molecule has 0 spiro atoms. The number of halogens is 2. The zero-order valence-corrected chi connectivity index (χ0v) is 26.8. The average molecular weight is 645 g/mol. The molecule has 252 valence electrons. The number of hydrogen-bond acceptors (Lipinski definition) is 9. The number of anilines is 1. The summed E-state index contributed by atoms with van der Waals surface area (Å²) in [6, 6.07) is 8.26. The summed E-state index contributed by atoms with van der Waals surface area (Å²) in [6.07, 6.45) is 6.58. The van der Waals surface area contributed by atoms with Crippen molar-refractivity contribution in [3.8, 4) is 11.5 Å². The van der Waals surface area contributed by atoms with E-state index in [0.29, 0.717) is 44.3 Å². The number of nitro groups is 1. The van der Waals surface area contributed by atoms with Gasteiger partial charge in [-0.2, -0.15) is 0 Å². The number of fused-ring (bicyclic) bond motifs is 4. The number of non-ortho nitro benzene ring substituents is 1. The van der Waals surface area contributed by atoms with Gasteiger partial charge in [-0.25, -0.2) is 8.78 Å². The van der Waals surface area contributed by atoms with Crippen LogP contribution < -0.4 is 15.2 Å². The summed E-state index contributed by atoms with van der Waals surface area (Å²) in [5, 5.41) is 34.3. The molecule has 4 aliphatic heterocycles. The second-order valence-corrected chi connectivity index (χ2v) is 14.7. The van der Waals surface area contributed by atoms with E-state index < -0.39 is 27.8 Å². The molecule has 46 heavy (non-hydrogen) atoms. The number of aliphatic hydroxyl groups is 2. The molecule has 8 atom stereocenters. The van der Waals surface area contributed by atoms with Gasteiger partial charge in [0.15, 0.2) is 23.1 Å². The Morgan fingerprint density at radius 1 is 0.891 bits per heavy atom. The second-order valence-electron chi connectivity index (χ2n) is 14.7. The Kier molecular flexibility index (Phi) is 8.94. The molecule has 0 aromatic heterocycles. The third-order valence-electron chi connectivity index (χ3n) is 10.6. The lowest BCUT2D eigenvalue weighted by Gasteiger charge is -2.50. The molecule has 2 aromatic carbocycles. The molecule has 0 amide bonds. The van der Waals surface area contributed by atoms with Crippen molar-refractivity contribution in [3.63, 3.8) is 0 Å². The van der Waals surface area contributed by atoms with E-state index in [-0.39, 0.29) is 59.6 Å². The molecule has 4 fully saturated rings.